The van der Waals surface area contributed by atoms with Crippen molar-refractivity contribution in [2.45, 2.75) is 51.2 Å². The summed E-state index contributed by atoms with van der Waals surface area (Å²) in [6, 6.07) is 2.08. The lowest BCUT2D eigenvalue weighted by Gasteiger charge is -2.50. The first-order valence-electron chi connectivity index (χ1n) is 11.7. The van der Waals surface area contributed by atoms with Gasteiger partial charge >= 0.3 is 0 Å². The van der Waals surface area contributed by atoms with E-state index in [0.717, 1.165) is 13.3 Å². The Morgan fingerprint density at radius 1 is 1.20 bits per heavy atom. The van der Waals surface area contributed by atoms with E-state index in [1.807, 2.05) is 6.92 Å². The third kappa shape index (κ3) is 3.49. The normalized spacial score (nSPS) is 27.8. The van der Waals surface area contributed by atoms with Crippen LogP contribution in [-0.2, 0) is 16.0 Å². The van der Waals surface area contributed by atoms with Gasteiger partial charge in [-0.1, -0.05) is 18.8 Å². The number of aromatic hydroxyl groups is 1. The number of Topliss-reactive ketones (excluding diaryl/α,β-unsaturated/α-hetero) is 3. The van der Waals surface area contributed by atoms with Gasteiger partial charge in [0.2, 0.25) is 5.78 Å². The fourth-order valence-corrected chi connectivity index (χ4v) is 5.75. The molecule has 3 aliphatic rings. The number of phenols is 1. The van der Waals surface area contributed by atoms with E-state index >= 15 is 0 Å². The summed E-state index contributed by atoms with van der Waals surface area (Å²) in [6.07, 6.45) is 1.87. The Hall–Kier alpha value is -3.41. The van der Waals surface area contributed by atoms with Gasteiger partial charge in [0.15, 0.2) is 17.2 Å². The number of unbranched alkanes of at least 4 members (excludes halogenated alkanes) is 1. The van der Waals surface area contributed by atoms with Gasteiger partial charge in [-0.3, -0.25) is 19.3 Å². The van der Waals surface area contributed by atoms with Gasteiger partial charge in [0.1, 0.15) is 22.8 Å². The molecule has 8 nitrogen and oxygen atoms in total. The van der Waals surface area contributed by atoms with Gasteiger partial charge in [0.05, 0.1) is 11.6 Å². The molecule has 3 aliphatic carbocycles. The van der Waals surface area contributed by atoms with Gasteiger partial charge in [-0.25, -0.2) is 0 Å². The van der Waals surface area contributed by atoms with Gasteiger partial charge in [-0.2, -0.15) is 0 Å². The number of allylic oxidation sites excluding steroid dienone is 1. The van der Waals surface area contributed by atoms with Crippen LogP contribution in [0, 0.1) is 23.7 Å². The number of likely N-dealkylation sites (N-methyl/N-ethyl adjacent to an activating group) is 1. The van der Waals surface area contributed by atoms with Crippen LogP contribution in [0.5, 0.6) is 5.75 Å². The summed E-state index contributed by atoms with van der Waals surface area (Å²) in [4.78, 5) is 40.7. The van der Waals surface area contributed by atoms with Crippen molar-refractivity contribution in [3.8, 4) is 17.6 Å². The first kappa shape index (κ1) is 24.7. The summed E-state index contributed by atoms with van der Waals surface area (Å²) >= 11 is 0. The third-order valence-electron chi connectivity index (χ3n) is 7.31. The van der Waals surface area contributed by atoms with E-state index in [1.54, 1.807) is 25.1 Å². The predicted molar refractivity (Wildman–Crippen MR) is 127 cm³/mol. The second-order valence-electron chi connectivity index (χ2n) is 9.69. The molecule has 0 heterocycles. The van der Waals surface area contributed by atoms with Crippen molar-refractivity contribution in [1.29, 1.82) is 0 Å². The molecule has 0 aromatic heterocycles. The van der Waals surface area contributed by atoms with Crippen LogP contribution in [0.3, 0.4) is 0 Å². The number of hydrogen-bond donors (Lipinski definition) is 4. The van der Waals surface area contributed by atoms with Crippen molar-refractivity contribution in [3.05, 3.63) is 51.5 Å². The highest BCUT2D eigenvalue weighted by molar-refractivity contribution is 6.25. The number of ketones is 3. The maximum atomic E-state index is 13.6. The number of fused-ring (bicyclic) bond motifs is 3. The molecule has 8 heteroatoms. The Morgan fingerprint density at radius 2 is 1.89 bits per heavy atom. The Bertz CT molecular complexity index is 1280. The van der Waals surface area contributed by atoms with Crippen molar-refractivity contribution in [3.63, 3.8) is 0 Å². The lowest BCUT2D eigenvalue weighted by molar-refractivity contribution is -0.148. The molecule has 0 saturated carbocycles. The molecule has 35 heavy (non-hydrogen) atoms. The van der Waals surface area contributed by atoms with Crippen LogP contribution in [0.2, 0.25) is 0 Å². The van der Waals surface area contributed by atoms with Crippen molar-refractivity contribution in [2.24, 2.45) is 11.8 Å². The van der Waals surface area contributed by atoms with Gasteiger partial charge in [-0.15, -0.1) is 0 Å². The largest absolute Gasteiger partial charge is 0.510 e. The molecule has 0 fully saturated rings. The van der Waals surface area contributed by atoms with Crippen LogP contribution in [0.1, 0.15) is 54.6 Å². The zero-order valence-electron chi connectivity index (χ0n) is 20.2. The SMILES string of the molecule is CCCC#Cc1ccc(O)c2c1C[C@H]1C[C@H]3[C@H](N(C)C)C(O)=C(C(C)=O)C(=O)[C@@]3(O)C(O)=C1C2=O. The first-order chi connectivity index (χ1) is 16.5. The van der Waals surface area contributed by atoms with E-state index in [2.05, 4.69) is 11.8 Å². The number of aliphatic hydroxyl groups is 3. The third-order valence-corrected chi connectivity index (χ3v) is 7.31. The van der Waals surface area contributed by atoms with Crippen LogP contribution in [0.25, 0.3) is 0 Å². The van der Waals surface area contributed by atoms with Crippen LogP contribution < -0.4 is 0 Å². The number of rotatable bonds is 3. The van der Waals surface area contributed by atoms with Crippen molar-refractivity contribution >= 4 is 17.3 Å². The zero-order chi connectivity index (χ0) is 25.8. The van der Waals surface area contributed by atoms with Gasteiger partial charge < -0.3 is 20.4 Å². The maximum absolute atomic E-state index is 13.6. The van der Waals surface area contributed by atoms with Crippen molar-refractivity contribution in [1.82, 2.24) is 4.90 Å². The standard InChI is InChI=1S/C27H29NO7/c1-5-6-7-8-14-9-10-18(30)21-16(14)11-15-12-17-22(28(3)4)24(32)19(13(2)29)25(33)27(17,35)26(34)20(15)23(21)31/h9-10,15,17,22,30,32,34-35H,5-6,11-12H2,1-4H3/t15-,17-,22-,27+/m0/s1. The number of nitrogens with zero attached hydrogens (tertiary/aromatic N) is 1. The fourth-order valence-electron chi connectivity index (χ4n) is 5.75. The molecular weight excluding hydrogens is 450 g/mol. The first-order valence-corrected chi connectivity index (χ1v) is 11.7. The van der Waals surface area contributed by atoms with Crippen molar-refractivity contribution in [2.75, 3.05) is 14.1 Å². The molecule has 0 radical (unpaired) electrons. The molecule has 1 aromatic carbocycles. The minimum absolute atomic E-state index is 0.00857. The molecule has 4 atom stereocenters. The summed E-state index contributed by atoms with van der Waals surface area (Å²) in [5, 5.41) is 44.3. The smallest absolute Gasteiger partial charge is 0.209 e. The number of carbonyl (C=O) groups is 3. The van der Waals surface area contributed by atoms with Crippen LogP contribution >= 0.6 is 0 Å². The summed E-state index contributed by atoms with van der Waals surface area (Å²) < 4.78 is 0. The summed E-state index contributed by atoms with van der Waals surface area (Å²) in [5.41, 5.74) is -2.16. The molecule has 4 rings (SSSR count). The Kier molecular flexibility index (Phi) is 6.12. The summed E-state index contributed by atoms with van der Waals surface area (Å²) in [5.74, 6) is 0.400. The highest BCUT2D eigenvalue weighted by Gasteiger charge is 2.63. The molecule has 4 N–H and O–H groups in total. The van der Waals surface area contributed by atoms with E-state index in [-0.39, 0.29) is 29.7 Å². The fraction of sp³-hybridized carbons (Fsp3) is 0.444. The van der Waals surface area contributed by atoms with E-state index < -0.39 is 57.9 Å². The molecule has 0 spiro atoms. The number of hydrogen-bond acceptors (Lipinski definition) is 8. The molecule has 0 saturated heterocycles. The number of benzene rings is 1. The van der Waals surface area contributed by atoms with E-state index in [0.29, 0.717) is 17.5 Å². The summed E-state index contributed by atoms with van der Waals surface area (Å²) in [7, 11) is 3.26. The second-order valence-corrected chi connectivity index (χ2v) is 9.69. The zero-order valence-corrected chi connectivity index (χ0v) is 20.2. The molecule has 0 aliphatic heterocycles. The van der Waals surface area contributed by atoms with E-state index in [9.17, 15) is 34.8 Å². The molecule has 0 bridgehead atoms. The maximum Gasteiger partial charge on any atom is 0.209 e. The number of aliphatic hydroxyl groups excluding tert-OH is 2. The molecule has 1 aromatic rings. The minimum Gasteiger partial charge on any atom is -0.510 e. The van der Waals surface area contributed by atoms with Gasteiger partial charge in [-0.05, 0) is 63.9 Å². The van der Waals surface area contributed by atoms with E-state index in [4.69, 9.17) is 0 Å². The quantitative estimate of drug-likeness (QED) is 0.383. The topological polar surface area (TPSA) is 135 Å². The highest BCUT2D eigenvalue weighted by Crippen LogP contribution is 2.52. The number of carbonyl (C=O) groups excluding carboxylic acids is 3. The van der Waals surface area contributed by atoms with E-state index in [1.165, 1.54) is 6.07 Å². The predicted octanol–water partition coefficient (Wildman–Crippen LogP) is 2.38. The van der Waals surface area contributed by atoms with Gasteiger partial charge in [0.25, 0.3) is 0 Å². The monoisotopic (exact) mass is 479 g/mol. The lowest BCUT2D eigenvalue weighted by Crippen LogP contribution is -2.63. The van der Waals surface area contributed by atoms with Crippen LogP contribution in [0.4, 0.5) is 0 Å². The van der Waals surface area contributed by atoms with Gasteiger partial charge in [0, 0.05) is 23.5 Å². The molecule has 0 unspecified atom stereocenters. The Balaban J connectivity index is 1.94. The second kappa shape index (κ2) is 8.67. The Labute approximate surface area is 203 Å². The minimum atomic E-state index is -2.56. The highest BCUT2D eigenvalue weighted by atomic mass is 16.3. The Morgan fingerprint density at radius 3 is 2.49 bits per heavy atom. The van der Waals surface area contributed by atoms with Crippen LogP contribution in [-0.4, -0.2) is 68.4 Å². The number of phenolic OH excluding ortho intramolecular Hbond substituents is 1. The van der Waals surface area contributed by atoms with Crippen molar-refractivity contribution < 1.29 is 34.8 Å². The molecule has 0 amide bonds. The summed E-state index contributed by atoms with van der Waals surface area (Å²) in [6.45, 7) is 3.10. The average Bonchev–Trinajstić information content (AvgIpc) is 2.77. The average molecular weight is 480 g/mol. The lowest BCUT2D eigenvalue weighted by atomic mass is 9.58. The molecular formula is C27H29NO7. The van der Waals surface area contributed by atoms with Crippen LogP contribution in [0.15, 0.2) is 34.8 Å². The molecule has 184 valence electrons.